The van der Waals surface area contributed by atoms with E-state index in [1.54, 1.807) is 24.7 Å². The van der Waals surface area contributed by atoms with Gasteiger partial charge in [0.15, 0.2) is 0 Å². The summed E-state index contributed by atoms with van der Waals surface area (Å²) in [7, 11) is 4.63. The van der Waals surface area contributed by atoms with E-state index in [1.807, 2.05) is 6.07 Å². The third kappa shape index (κ3) is 3.30. The number of anilines is 2. The molecule has 0 bridgehead atoms. The minimum Gasteiger partial charge on any atom is -0.469 e. The molecule has 0 atom stereocenters. The van der Waals surface area contributed by atoms with Crippen molar-refractivity contribution in [3.63, 3.8) is 0 Å². The Morgan fingerprint density at radius 3 is 2.38 bits per heavy atom. The number of aryl methyl sites for hydroxylation is 2. The Hall–Kier alpha value is -2.81. The number of amides is 1. The summed E-state index contributed by atoms with van der Waals surface area (Å²) in [6.07, 6.45) is -0.370. The number of imidazole rings is 1. The zero-order valence-corrected chi connectivity index (χ0v) is 15.1. The van der Waals surface area contributed by atoms with Crippen molar-refractivity contribution in [2.75, 3.05) is 43.6 Å². The summed E-state index contributed by atoms with van der Waals surface area (Å²) in [6.45, 7) is 2.51. The second kappa shape index (κ2) is 7.20. The van der Waals surface area contributed by atoms with E-state index in [-0.39, 0.29) is 12.1 Å². The molecule has 2 aromatic rings. The van der Waals surface area contributed by atoms with Gasteiger partial charge in [-0.2, -0.15) is 0 Å². The molecule has 26 heavy (non-hydrogen) atoms. The summed E-state index contributed by atoms with van der Waals surface area (Å²) in [5, 5.41) is 2.77. The van der Waals surface area contributed by atoms with Crippen molar-refractivity contribution >= 4 is 34.3 Å². The molecule has 0 saturated carbocycles. The Morgan fingerprint density at radius 2 is 1.77 bits per heavy atom. The highest BCUT2D eigenvalue weighted by Crippen LogP contribution is 2.31. The molecule has 0 radical (unpaired) electrons. The quantitative estimate of drug-likeness (QED) is 0.617. The standard InChI is InChI=1S/C17H22N4O5/c1-19-13-8-11(18-15(22)10-16(23)25-3)12(21-4-6-26-7-5-21)9-14(13)20(2)17(19)24/h8-9H,4-7,10H2,1-3H3,(H,18,22). The number of esters is 1. The van der Waals surface area contributed by atoms with E-state index in [4.69, 9.17) is 4.74 Å². The van der Waals surface area contributed by atoms with Gasteiger partial charge < -0.3 is 19.7 Å². The van der Waals surface area contributed by atoms with Crippen LogP contribution in [0.4, 0.5) is 11.4 Å². The number of nitrogens with one attached hydrogen (secondary N) is 1. The maximum absolute atomic E-state index is 12.2. The van der Waals surface area contributed by atoms with E-state index in [0.717, 1.165) is 11.2 Å². The Kier molecular flexibility index (Phi) is 4.99. The molecule has 2 heterocycles. The van der Waals surface area contributed by atoms with Gasteiger partial charge in [0.1, 0.15) is 6.42 Å². The third-order valence-electron chi connectivity index (χ3n) is 4.55. The first-order chi connectivity index (χ1) is 12.4. The molecule has 1 amide bonds. The number of carbonyl (C=O) groups is 2. The van der Waals surface area contributed by atoms with Gasteiger partial charge in [0, 0.05) is 27.2 Å². The smallest absolute Gasteiger partial charge is 0.328 e. The average molecular weight is 362 g/mol. The van der Waals surface area contributed by atoms with Crippen molar-refractivity contribution in [3.8, 4) is 0 Å². The van der Waals surface area contributed by atoms with Gasteiger partial charge in [-0.15, -0.1) is 0 Å². The van der Waals surface area contributed by atoms with Gasteiger partial charge in [-0.1, -0.05) is 0 Å². The molecule has 1 fully saturated rings. The molecule has 1 aromatic carbocycles. The number of aromatic nitrogens is 2. The molecular formula is C17H22N4O5. The summed E-state index contributed by atoms with van der Waals surface area (Å²) < 4.78 is 13.0. The number of morpholine rings is 1. The topological polar surface area (TPSA) is 94.8 Å². The molecule has 1 aromatic heterocycles. The predicted octanol–water partition coefficient (Wildman–Crippen LogP) is 0.215. The normalized spacial score (nSPS) is 14.5. The first-order valence-corrected chi connectivity index (χ1v) is 8.31. The molecule has 0 aliphatic carbocycles. The van der Waals surface area contributed by atoms with Crippen molar-refractivity contribution in [2.45, 2.75) is 6.42 Å². The second-order valence-corrected chi connectivity index (χ2v) is 6.16. The number of ether oxygens (including phenoxy) is 2. The lowest BCUT2D eigenvalue weighted by Crippen LogP contribution is -2.36. The maximum atomic E-state index is 12.2. The number of nitrogens with zero attached hydrogens (tertiary/aromatic N) is 3. The Balaban J connectivity index is 2.05. The molecule has 3 rings (SSSR count). The highest BCUT2D eigenvalue weighted by molar-refractivity contribution is 6.05. The third-order valence-corrected chi connectivity index (χ3v) is 4.55. The molecule has 140 valence electrons. The van der Waals surface area contributed by atoms with Crippen LogP contribution in [0.3, 0.4) is 0 Å². The minimum atomic E-state index is -0.608. The van der Waals surface area contributed by atoms with Crippen LogP contribution in [-0.2, 0) is 33.2 Å². The van der Waals surface area contributed by atoms with Gasteiger partial charge in [0.05, 0.1) is 42.7 Å². The van der Waals surface area contributed by atoms with Crippen molar-refractivity contribution in [1.82, 2.24) is 9.13 Å². The van der Waals surface area contributed by atoms with Crippen LogP contribution in [0.25, 0.3) is 11.0 Å². The largest absolute Gasteiger partial charge is 0.469 e. The molecule has 1 saturated heterocycles. The Morgan fingerprint density at radius 1 is 1.15 bits per heavy atom. The zero-order chi connectivity index (χ0) is 18.8. The van der Waals surface area contributed by atoms with E-state index in [1.165, 1.54) is 11.7 Å². The van der Waals surface area contributed by atoms with E-state index in [9.17, 15) is 14.4 Å². The number of carbonyl (C=O) groups excluding carboxylic acids is 2. The van der Waals surface area contributed by atoms with Crippen molar-refractivity contribution in [1.29, 1.82) is 0 Å². The van der Waals surface area contributed by atoms with Crippen LogP contribution in [0.1, 0.15) is 6.42 Å². The van der Waals surface area contributed by atoms with Crippen LogP contribution in [0, 0.1) is 0 Å². The van der Waals surface area contributed by atoms with Crippen LogP contribution in [0.2, 0.25) is 0 Å². The Labute approximate surface area is 150 Å². The van der Waals surface area contributed by atoms with Gasteiger partial charge in [0.2, 0.25) is 5.91 Å². The van der Waals surface area contributed by atoms with Crippen LogP contribution in [0.15, 0.2) is 16.9 Å². The second-order valence-electron chi connectivity index (χ2n) is 6.16. The van der Waals surface area contributed by atoms with Gasteiger partial charge >= 0.3 is 11.7 Å². The molecule has 1 aliphatic heterocycles. The first-order valence-electron chi connectivity index (χ1n) is 8.31. The number of hydrogen-bond acceptors (Lipinski definition) is 6. The summed E-state index contributed by atoms with van der Waals surface area (Å²) in [5.74, 6) is -1.07. The highest BCUT2D eigenvalue weighted by atomic mass is 16.5. The lowest BCUT2D eigenvalue weighted by molar-refractivity contribution is -0.142. The molecule has 0 spiro atoms. The average Bonchev–Trinajstić information content (AvgIpc) is 2.85. The molecular weight excluding hydrogens is 340 g/mol. The lowest BCUT2D eigenvalue weighted by Gasteiger charge is -2.30. The lowest BCUT2D eigenvalue weighted by atomic mass is 10.2. The van der Waals surface area contributed by atoms with E-state index < -0.39 is 11.9 Å². The van der Waals surface area contributed by atoms with Crippen molar-refractivity contribution in [3.05, 3.63) is 22.6 Å². The van der Waals surface area contributed by atoms with Crippen LogP contribution >= 0.6 is 0 Å². The van der Waals surface area contributed by atoms with Crippen molar-refractivity contribution in [2.24, 2.45) is 14.1 Å². The zero-order valence-electron chi connectivity index (χ0n) is 15.1. The molecule has 9 heteroatoms. The summed E-state index contributed by atoms with van der Waals surface area (Å²) in [6, 6.07) is 3.65. The maximum Gasteiger partial charge on any atom is 0.328 e. The molecule has 1 aliphatic rings. The summed E-state index contributed by atoms with van der Waals surface area (Å²) in [4.78, 5) is 37.9. The van der Waals surface area contributed by atoms with Crippen LogP contribution < -0.4 is 15.9 Å². The number of hydrogen-bond donors (Lipinski definition) is 1. The fraction of sp³-hybridized carbons (Fsp3) is 0.471. The van der Waals surface area contributed by atoms with E-state index in [0.29, 0.717) is 37.5 Å². The number of methoxy groups -OCH3 is 1. The molecule has 9 nitrogen and oxygen atoms in total. The predicted molar refractivity (Wildman–Crippen MR) is 96.5 cm³/mol. The van der Waals surface area contributed by atoms with E-state index in [2.05, 4.69) is 15.0 Å². The van der Waals surface area contributed by atoms with E-state index >= 15 is 0 Å². The van der Waals surface area contributed by atoms with Crippen LogP contribution in [0.5, 0.6) is 0 Å². The summed E-state index contributed by atoms with van der Waals surface area (Å²) in [5.41, 5.74) is 2.66. The first kappa shape index (κ1) is 18.0. The van der Waals surface area contributed by atoms with Gasteiger partial charge in [-0.05, 0) is 12.1 Å². The number of benzene rings is 1. The molecule has 1 N–H and O–H groups in total. The van der Waals surface area contributed by atoms with Crippen LogP contribution in [-0.4, -0.2) is 54.4 Å². The fourth-order valence-corrected chi connectivity index (χ4v) is 3.10. The van der Waals surface area contributed by atoms with Gasteiger partial charge in [-0.3, -0.25) is 18.7 Å². The van der Waals surface area contributed by atoms with Gasteiger partial charge in [0.25, 0.3) is 0 Å². The fourth-order valence-electron chi connectivity index (χ4n) is 3.10. The number of rotatable bonds is 4. The highest BCUT2D eigenvalue weighted by Gasteiger charge is 2.20. The Bertz CT molecular complexity index is 908. The SMILES string of the molecule is COC(=O)CC(=O)Nc1cc2c(cc1N1CCOCC1)n(C)c(=O)n2C. The summed E-state index contributed by atoms with van der Waals surface area (Å²) >= 11 is 0. The monoisotopic (exact) mass is 362 g/mol. The van der Waals surface area contributed by atoms with Crippen molar-refractivity contribution < 1.29 is 19.1 Å². The number of fused-ring (bicyclic) bond motifs is 1. The molecule has 0 unspecified atom stereocenters. The van der Waals surface area contributed by atoms with Gasteiger partial charge in [-0.25, -0.2) is 4.79 Å². The minimum absolute atomic E-state index is 0.147.